The van der Waals surface area contributed by atoms with Gasteiger partial charge in [-0.3, -0.25) is 19.2 Å². The first-order valence-corrected chi connectivity index (χ1v) is 36.4. The molecule has 4 atom stereocenters. The van der Waals surface area contributed by atoms with Crippen LogP contribution >= 0.6 is 22.7 Å². The quantitative estimate of drug-likeness (QED) is 0.0363. The zero-order chi connectivity index (χ0) is 61.7. The summed E-state index contributed by atoms with van der Waals surface area (Å²) in [5.74, 6) is 1.81. The number of fused-ring (bicyclic) bond motifs is 4. The van der Waals surface area contributed by atoms with E-state index in [1.54, 1.807) is 35.2 Å². The molecule has 472 valence electrons. The lowest BCUT2D eigenvalue weighted by Gasteiger charge is -2.28. The number of nitrogens with zero attached hydrogens (tertiary/aromatic N) is 4. The molecule has 0 fully saturated rings. The summed E-state index contributed by atoms with van der Waals surface area (Å²) in [6, 6.07) is 12.3. The zero-order valence-corrected chi connectivity index (χ0v) is 56.5. The lowest BCUT2D eigenvalue weighted by Crippen LogP contribution is -2.34. The van der Waals surface area contributed by atoms with Crippen LogP contribution in [0.3, 0.4) is 0 Å². The monoisotopic (exact) mass is 1220 g/mol. The van der Waals surface area contributed by atoms with Crippen molar-refractivity contribution in [2.24, 2.45) is 23.7 Å². The molecule has 0 spiro atoms. The van der Waals surface area contributed by atoms with Crippen LogP contribution in [0.25, 0.3) is 43.0 Å². The van der Waals surface area contributed by atoms with Crippen molar-refractivity contribution >= 4 is 89.3 Å². The SMILES string of the molecule is CCCCCCCc1c2cc(C3=C4C(=O)N(CC(CC)CCCC)C(c5ccco5)=C4C(=O)N3CC(CC)CCCC)sc2c(CCCCCC)c2cc(C3=C4C(=O)N(CC(CC)CCCC)C(c5ccco5)=C4C(=O)N3CC(CC)CCCC)sc12. The molecule has 4 amide bonds. The van der Waals surface area contributed by atoms with Gasteiger partial charge in [0, 0.05) is 35.6 Å². The van der Waals surface area contributed by atoms with Crippen LogP contribution in [0, 0.1) is 23.7 Å². The lowest BCUT2D eigenvalue weighted by atomic mass is 9.94. The Morgan fingerprint density at radius 2 is 0.678 bits per heavy atom. The molecule has 0 saturated heterocycles. The molecular formula is C75H104N4O6S2. The van der Waals surface area contributed by atoms with Crippen LogP contribution in [0.4, 0.5) is 0 Å². The summed E-state index contributed by atoms with van der Waals surface area (Å²) in [5.41, 5.74) is 7.35. The maximum atomic E-state index is 15.8. The van der Waals surface area contributed by atoms with Gasteiger partial charge < -0.3 is 28.4 Å². The normalized spacial score (nSPS) is 17.0. The van der Waals surface area contributed by atoms with Crippen LogP contribution in [0.15, 0.2) is 80.1 Å². The molecule has 8 heterocycles. The van der Waals surface area contributed by atoms with E-state index in [1.165, 1.54) is 44.1 Å². The molecule has 5 aromatic rings. The van der Waals surface area contributed by atoms with E-state index in [2.05, 4.69) is 81.4 Å². The largest absolute Gasteiger partial charge is 0.463 e. The lowest BCUT2D eigenvalue weighted by molar-refractivity contribution is -0.124. The Balaban J connectivity index is 1.31. The molecule has 9 rings (SSSR count). The van der Waals surface area contributed by atoms with E-state index in [4.69, 9.17) is 8.83 Å². The first-order chi connectivity index (χ1) is 42.5. The van der Waals surface area contributed by atoms with Crippen LogP contribution in [-0.2, 0) is 32.0 Å². The highest BCUT2D eigenvalue weighted by Gasteiger charge is 2.52. The van der Waals surface area contributed by atoms with Crippen molar-refractivity contribution in [2.75, 3.05) is 26.2 Å². The van der Waals surface area contributed by atoms with Crippen molar-refractivity contribution < 1.29 is 28.0 Å². The minimum absolute atomic E-state index is 0.0992. The fraction of sp³-hybridized carbons (Fsp3) is 0.600. The summed E-state index contributed by atoms with van der Waals surface area (Å²) in [7, 11) is 0. The summed E-state index contributed by atoms with van der Waals surface area (Å²) in [6.45, 7) is 24.5. The Morgan fingerprint density at radius 3 is 0.977 bits per heavy atom. The minimum atomic E-state index is -0.0992. The number of carbonyl (C=O) groups is 4. The van der Waals surface area contributed by atoms with E-state index in [0.29, 0.717) is 71.4 Å². The second-order valence-electron chi connectivity index (χ2n) is 25.8. The van der Waals surface area contributed by atoms with Crippen LogP contribution in [0.2, 0.25) is 0 Å². The molecule has 0 aliphatic carbocycles. The number of thiophene rings is 2. The van der Waals surface area contributed by atoms with Crippen LogP contribution < -0.4 is 0 Å². The number of hydrogen-bond donors (Lipinski definition) is 0. The molecule has 4 unspecified atom stereocenters. The summed E-state index contributed by atoms with van der Waals surface area (Å²) in [5, 5.41) is 2.41. The fourth-order valence-electron chi connectivity index (χ4n) is 14.3. The summed E-state index contributed by atoms with van der Waals surface area (Å²) < 4.78 is 14.9. The van der Waals surface area contributed by atoms with Crippen molar-refractivity contribution in [3.63, 3.8) is 0 Å². The molecule has 10 nitrogen and oxygen atoms in total. The maximum Gasteiger partial charge on any atom is 0.261 e. The summed E-state index contributed by atoms with van der Waals surface area (Å²) in [4.78, 5) is 72.8. The third kappa shape index (κ3) is 13.8. The van der Waals surface area contributed by atoms with Gasteiger partial charge >= 0.3 is 0 Å². The second-order valence-corrected chi connectivity index (χ2v) is 27.9. The average Bonchev–Trinajstić information content (AvgIpc) is 1.59. The summed E-state index contributed by atoms with van der Waals surface area (Å²) in [6.07, 6.45) is 31.5. The fourth-order valence-corrected chi connectivity index (χ4v) is 17.0. The van der Waals surface area contributed by atoms with Crippen molar-refractivity contribution in [1.29, 1.82) is 0 Å². The number of unbranched alkanes of at least 4 members (excludes halogenated alkanes) is 11. The Bertz CT molecular complexity index is 3090. The van der Waals surface area contributed by atoms with Crippen LogP contribution in [0.5, 0.6) is 0 Å². The van der Waals surface area contributed by atoms with Crippen molar-refractivity contribution in [2.45, 2.75) is 243 Å². The van der Waals surface area contributed by atoms with Gasteiger partial charge in [0.2, 0.25) is 0 Å². The molecule has 4 aliphatic heterocycles. The third-order valence-electron chi connectivity index (χ3n) is 19.7. The van der Waals surface area contributed by atoms with E-state index >= 15 is 19.2 Å². The number of hydrogen-bond acceptors (Lipinski definition) is 8. The molecule has 0 radical (unpaired) electrons. The van der Waals surface area contributed by atoms with E-state index < -0.39 is 0 Å². The molecule has 4 aromatic heterocycles. The third-order valence-corrected chi connectivity index (χ3v) is 22.2. The van der Waals surface area contributed by atoms with E-state index in [0.717, 1.165) is 182 Å². The number of furan rings is 2. The Labute approximate surface area is 529 Å². The van der Waals surface area contributed by atoms with Crippen LogP contribution in [0.1, 0.15) is 262 Å². The van der Waals surface area contributed by atoms with E-state index in [1.807, 2.05) is 43.9 Å². The first kappa shape index (κ1) is 66.0. The van der Waals surface area contributed by atoms with Gasteiger partial charge in [0.1, 0.15) is 11.4 Å². The van der Waals surface area contributed by atoms with Gasteiger partial charge in [0.25, 0.3) is 23.6 Å². The highest BCUT2D eigenvalue weighted by molar-refractivity contribution is 7.22. The number of amides is 4. The Kier molecular flexibility index (Phi) is 23.8. The molecule has 4 aliphatic rings. The van der Waals surface area contributed by atoms with Gasteiger partial charge in [-0.2, -0.15) is 0 Å². The summed E-state index contributed by atoms with van der Waals surface area (Å²) >= 11 is 3.54. The standard InChI is InChI=1S/C75H104N4O6S2/c1-11-21-27-29-31-39-55-57-45-61(69-65-63(73(81)79(69)49-53(20-10)37-26-16-6)67(59-41-33-43-85-59)77(75(65)83)47-51(18-8)35-24-14-4)86-70(57)54(38-30-28-22-12-2)56-44-60(87-71(55)56)68-64-62(72(80)78(68)48-52(19-9)36-25-15-5)66(58-40-32-42-84-58)76(74(64)82)46-50(17-7)34-23-13-3/h32-33,40-45,50-53H,11-31,34-39,46-49H2,1-10H3. The predicted molar refractivity (Wildman–Crippen MR) is 363 cm³/mol. The van der Waals surface area contributed by atoms with Gasteiger partial charge in [0.05, 0.1) is 56.0 Å². The highest BCUT2D eigenvalue weighted by Crippen LogP contribution is 2.54. The molecule has 0 N–H and O–H groups in total. The number of rotatable bonds is 39. The molecular weight excluding hydrogens is 1120 g/mol. The van der Waals surface area contributed by atoms with Gasteiger partial charge in [0.15, 0.2) is 11.5 Å². The predicted octanol–water partition coefficient (Wildman–Crippen LogP) is 20.4. The molecule has 1 aromatic carbocycles. The maximum absolute atomic E-state index is 15.8. The Morgan fingerprint density at radius 1 is 0.379 bits per heavy atom. The van der Waals surface area contributed by atoms with Gasteiger partial charge in [-0.05, 0) is 133 Å². The second kappa shape index (κ2) is 31.3. The first-order valence-electron chi connectivity index (χ1n) is 34.8. The molecule has 87 heavy (non-hydrogen) atoms. The Hall–Kier alpha value is -5.46. The van der Waals surface area contributed by atoms with Crippen molar-refractivity contribution in [3.05, 3.63) is 104 Å². The minimum Gasteiger partial charge on any atom is -0.463 e. The highest BCUT2D eigenvalue weighted by atomic mass is 32.1. The molecule has 0 bridgehead atoms. The van der Waals surface area contributed by atoms with E-state index in [9.17, 15) is 0 Å². The molecule has 0 saturated carbocycles. The van der Waals surface area contributed by atoms with Gasteiger partial charge in [-0.1, -0.05) is 191 Å². The number of carbonyl (C=O) groups excluding carboxylic acids is 4. The van der Waals surface area contributed by atoms with Gasteiger partial charge in [-0.15, -0.1) is 22.7 Å². The zero-order valence-electron chi connectivity index (χ0n) is 54.9. The van der Waals surface area contributed by atoms with Crippen LogP contribution in [-0.4, -0.2) is 69.4 Å². The van der Waals surface area contributed by atoms with E-state index in [-0.39, 0.29) is 47.3 Å². The topological polar surface area (TPSA) is 108 Å². The van der Waals surface area contributed by atoms with Gasteiger partial charge in [-0.25, -0.2) is 0 Å². The number of benzene rings is 1. The van der Waals surface area contributed by atoms with Crippen molar-refractivity contribution in [1.82, 2.24) is 19.6 Å². The number of aryl methyl sites for hydroxylation is 2. The molecule has 12 heteroatoms. The average molecular weight is 1220 g/mol. The smallest absolute Gasteiger partial charge is 0.261 e. The van der Waals surface area contributed by atoms with Crippen molar-refractivity contribution in [3.8, 4) is 0 Å².